The maximum Gasteiger partial charge on any atom is 0.303 e. The number of hydrogen-bond acceptors (Lipinski definition) is 3. The summed E-state index contributed by atoms with van der Waals surface area (Å²) < 4.78 is 0. The van der Waals surface area contributed by atoms with E-state index in [1.807, 2.05) is 6.92 Å². The zero-order valence-corrected chi connectivity index (χ0v) is 8.81. The summed E-state index contributed by atoms with van der Waals surface area (Å²) >= 11 is 0. The summed E-state index contributed by atoms with van der Waals surface area (Å²) in [5.74, 6) is -0.463. The summed E-state index contributed by atoms with van der Waals surface area (Å²) in [6.07, 6.45) is 0.838. The van der Waals surface area contributed by atoms with Crippen molar-refractivity contribution in [1.29, 1.82) is 0 Å². The number of carbonyl (C=O) groups is 1. The van der Waals surface area contributed by atoms with Crippen LogP contribution >= 0.6 is 0 Å². The highest BCUT2D eigenvalue weighted by Gasteiger charge is 2.28. The van der Waals surface area contributed by atoms with Crippen LogP contribution in [-0.4, -0.2) is 46.3 Å². The normalized spacial score (nSPS) is 27.5. The third kappa shape index (κ3) is 2.96. The van der Waals surface area contributed by atoms with Gasteiger partial charge in [0.1, 0.15) is 0 Å². The second-order valence-corrected chi connectivity index (χ2v) is 4.23. The van der Waals surface area contributed by atoms with Crippen molar-refractivity contribution in [2.24, 2.45) is 5.92 Å². The van der Waals surface area contributed by atoms with Crippen LogP contribution in [0.4, 0.5) is 0 Å². The molecule has 1 rings (SSSR count). The molecule has 0 bridgehead atoms. The first-order valence-electron chi connectivity index (χ1n) is 5.14. The molecule has 3 atom stereocenters. The Labute approximate surface area is 84.5 Å². The standard InChI is InChI=1S/C10H19NO3/c1-7(8(2)12)11-4-3-9(6-11)5-10(13)14/h7-9,12H,3-6H2,1-2H3,(H,13,14). The van der Waals surface area contributed by atoms with Crippen molar-refractivity contribution < 1.29 is 15.0 Å². The van der Waals surface area contributed by atoms with Gasteiger partial charge in [-0.1, -0.05) is 0 Å². The van der Waals surface area contributed by atoms with E-state index in [4.69, 9.17) is 5.11 Å². The van der Waals surface area contributed by atoms with Gasteiger partial charge in [-0.3, -0.25) is 9.69 Å². The van der Waals surface area contributed by atoms with Crippen LogP contribution in [0.2, 0.25) is 0 Å². The van der Waals surface area contributed by atoms with Crippen molar-refractivity contribution in [1.82, 2.24) is 4.90 Å². The number of hydrogen-bond donors (Lipinski definition) is 2. The van der Waals surface area contributed by atoms with E-state index in [-0.39, 0.29) is 24.5 Å². The minimum absolute atomic E-state index is 0.133. The van der Waals surface area contributed by atoms with Crippen molar-refractivity contribution in [2.45, 2.75) is 38.8 Å². The molecule has 1 aliphatic rings. The van der Waals surface area contributed by atoms with Gasteiger partial charge >= 0.3 is 5.97 Å². The Balaban J connectivity index is 2.37. The zero-order valence-electron chi connectivity index (χ0n) is 8.81. The fourth-order valence-electron chi connectivity index (χ4n) is 1.95. The molecular weight excluding hydrogens is 182 g/mol. The molecule has 82 valence electrons. The van der Waals surface area contributed by atoms with Crippen LogP contribution in [0.3, 0.4) is 0 Å². The van der Waals surface area contributed by atoms with Crippen LogP contribution in [0, 0.1) is 5.92 Å². The summed E-state index contributed by atoms with van der Waals surface area (Å²) in [5, 5.41) is 18.0. The highest BCUT2D eigenvalue weighted by atomic mass is 16.4. The minimum Gasteiger partial charge on any atom is -0.481 e. The van der Waals surface area contributed by atoms with Gasteiger partial charge in [-0.05, 0) is 32.7 Å². The van der Waals surface area contributed by atoms with E-state index >= 15 is 0 Å². The Morgan fingerprint density at radius 3 is 2.71 bits per heavy atom. The number of aliphatic hydroxyl groups excluding tert-OH is 1. The molecule has 0 aromatic heterocycles. The van der Waals surface area contributed by atoms with Gasteiger partial charge in [-0.2, -0.15) is 0 Å². The number of carboxylic acid groups (broad SMARTS) is 1. The van der Waals surface area contributed by atoms with Gasteiger partial charge in [0.05, 0.1) is 6.10 Å². The van der Waals surface area contributed by atoms with Crippen LogP contribution in [0.5, 0.6) is 0 Å². The summed E-state index contributed by atoms with van der Waals surface area (Å²) in [5.41, 5.74) is 0. The van der Waals surface area contributed by atoms with Crippen molar-refractivity contribution in [3.63, 3.8) is 0 Å². The van der Waals surface area contributed by atoms with Gasteiger partial charge in [0.25, 0.3) is 0 Å². The molecule has 4 nitrogen and oxygen atoms in total. The fraction of sp³-hybridized carbons (Fsp3) is 0.900. The molecule has 0 aromatic carbocycles. The molecule has 3 unspecified atom stereocenters. The topological polar surface area (TPSA) is 60.8 Å². The van der Waals surface area contributed by atoms with E-state index in [1.54, 1.807) is 6.92 Å². The van der Waals surface area contributed by atoms with Crippen molar-refractivity contribution >= 4 is 5.97 Å². The molecule has 1 heterocycles. The third-order valence-electron chi connectivity index (χ3n) is 3.05. The van der Waals surface area contributed by atoms with E-state index in [9.17, 15) is 9.90 Å². The molecule has 1 aliphatic heterocycles. The lowest BCUT2D eigenvalue weighted by Crippen LogP contribution is -2.38. The van der Waals surface area contributed by atoms with Crippen LogP contribution in [0.1, 0.15) is 26.7 Å². The average Bonchev–Trinajstić information content (AvgIpc) is 2.50. The van der Waals surface area contributed by atoms with Crippen LogP contribution in [0.25, 0.3) is 0 Å². The molecule has 0 spiro atoms. The van der Waals surface area contributed by atoms with E-state index in [0.29, 0.717) is 0 Å². The Hall–Kier alpha value is -0.610. The van der Waals surface area contributed by atoms with Crippen molar-refractivity contribution in [3.05, 3.63) is 0 Å². The van der Waals surface area contributed by atoms with Gasteiger partial charge in [0.2, 0.25) is 0 Å². The highest BCUT2D eigenvalue weighted by molar-refractivity contribution is 5.67. The number of aliphatic hydroxyl groups is 1. The highest BCUT2D eigenvalue weighted by Crippen LogP contribution is 2.22. The van der Waals surface area contributed by atoms with Gasteiger partial charge in [0.15, 0.2) is 0 Å². The maximum atomic E-state index is 10.5. The predicted molar refractivity (Wildman–Crippen MR) is 53.1 cm³/mol. The number of aliphatic carboxylic acids is 1. The first kappa shape index (κ1) is 11.5. The molecule has 1 fully saturated rings. The molecular formula is C10H19NO3. The largest absolute Gasteiger partial charge is 0.481 e. The van der Waals surface area contributed by atoms with E-state index in [0.717, 1.165) is 19.5 Å². The molecule has 14 heavy (non-hydrogen) atoms. The molecule has 0 radical (unpaired) electrons. The summed E-state index contributed by atoms with van der Waals surface area (Å²) in [7, 11) is 0. The van der Waals surface area contributed by atoms with E-state index < -0.39 is 5.97 Å². The Bertz CT molecular complexity index is 206. The van der Waals surface area contributed by atoms with Crippen LogP contribution in [-0.2, 0) is 4.79 Å². The lowest BCUT2D eigenvalue weighted by molar-refractivity contribution is -0.138. The minimum atomic E-state index is -0.721. The van der Waals surface area contributed by atoms with Gasteiger partial charge in [-0.25, -0.2) is 0 Å². The smallest absolute Gasteiger partial charge is 0.303 e. The molecule has 0 saturated carbocycles. The quantitative estimate of drug-likeness (QED) is 0.697. The molecule has 4 heteroatoms. The number of nitrogens with zero attached hydrogens (tertiary/aromatic N) is 1. The first-order chi connectivity index (χ1) is 6.50. The monoisotopic (exact) mass is 201 g/mol. The molecule has 0 amide bonds. The summed E-state index contributed by atoms with van der Waals surface area (Å²) in [4.78, 5) is 12.7. The Morgan fingerprint density at radius 1 is 1.57 bits per heavy atom. The molecule has 0 aromatic rings. The van der Waals surface area contributed by atoms with Crippen LogP contribution in [0.15, 0.2) is 0 Å². The SMILES string of the molecule is CC(O)C(C)N1CCC(CC(=O)O)C1. The van der Waals surface area contributed by atoms with Crippen molar-refractivity contribution in [3.8, 4) is 0 Å². The molecule has 2 N–H and O–H groups in total. The second-order valence-electron chi connectivity index (χ2n) is 4.23. The Kier molecular flexibility index (Phi) is 3.89. The fourth-order valence-corrected chi connectivity index (χ4v) is 1.95. The van der Waals surface area contributed by atoms with Gasteiger partial charge < -0.3 is 10.2 Å². The number of likely N-dealkylation sites (tertiary alicyclic amines) is 1. The lowest BCUT2D eigenvalue weighted by atomic mass is 10.1. The second kappa shape index (κ2) is 4.75. The summed E-state index contributed by atoms with van der Waals surface area (Å²) in [6.45, 7) is 5.46. The average molecular weight is 201 g/mol. The predicted octanol–water partition coefficient (Wildman–Crippen LogP) is 0.552. The zero-order chi connectivity index (χ0) is 10.7. The molecule has 0 aliphatic carbocycles. The van der Waals surface area contributed by atoms with E-state index in [1.165, 1.54) is 0 Å². The molecule has 1 saturated heterocycles. The maximum absolute atomic E-state index is 10.5. The van der Waals surface area contributed by atoms with Gasteiger partial charge in [0, 0.05) is 19.0 Å². The van der Waals surface area contributed by atoms with Gasteiger partial charge in [-0.15, -0.1) is 0 Å². The summed E-state index contributed by atoms with van der Waals surface area (Å²) in [6, 6.07) is 0.133. The third-order valence-corrected chi connectivity index (χ3v) is 3.05. The number of rotatable bonds is 4. The van der Waals surface area contributed by atoms with Crippen molar-refractivity contribution in [2.75, 3.05) is 13.1 Å². The van der Waals surface area contributed by atoms with E-state index in [2.05, 4.69) is 4.90 Å². The first-order valence-corrected chi connectivity index (χ1v) is 5.14. The Morgan fingerprint density at radius 2 is 2.21 bits per heavy atom. The van der Waals surface area contributed by atoms with Crippen LogP contribution < -0.4 is 0 Å². The number of carboxylic acids is 1. The lowest BCUT2D eigenvalue weighted by Gasteiger charge is -2.26.